The van der Waals surface area contributed by atoms with Crippen LogP contribution in [0.5, 0.6) is 0 Å². The number of benzene rings is 2. The van der Waals surface area contributed by atoms with Gasteiger partial charge in [0.05, 0.1) is 28.0 Å². The topological polar surface area (TPSA) is 59.0 Å². The van der Waals surface area contributed by atoms with Crippen LogP contribution in [0.3, 0.4) is 0 Å². The first-order chi connectivity index (χ1) is 13.7. The highest BCUT2D eigenvalue weighted by molar-refractivity contribution is 6.42. The van der Waals surface area contributed by atoms with Gasteiger partial charge in [-0.1, -0.05) is 74.3 Å². The SMILES string of the molecule is CC(C)(C)c1cc(NC(=O)CNCc2ccccc2)n(-c2ccc(Cl)c(Cl)c2)n1. The third kappa shape index (κ3) is 5.60. The zero-order chi connectivity index (χ0) is 21.0. The van der Waals surface area contributed by atoms with Gasteiger partial charge in [-0.2, -0.15) is 5.10 Å². The molecule has 0 atom stereocenters. The van der Waals surface area contributed by atoms with Crippen molar-refractivity contribution >= 4 is 34.9 Å². The van der Waals surface area contributed by atoms with E-state index in [1.807, 2.05) is 42.5 Å². The van der Waals surface area contributed by atoms with E-state index in [0.717, 1.165) is 16.9 Å². The fourth-order valence-electron chi connectivity index (χ4n) is 2.75. The molecule has 3 rings (SSSR count). The Kier molecular flexibility index (Phi) is 6.63. The van der Waals surface area contributed by atoms with Gasteiger partial charge in [0.1, 0.15) is 5.82 Å². The molecule has 5 nitrogen and oxygen atoms in total. The molecule has 0 bridgehead atoms. The van der Waals surface area contributed by atoms with Crippen LogP contribution in [-0.4, -0.2) is 22.2 Å². The lowest BCUT2D eigenvalue weighted by atomic mass is 9.92. The average Bonchev–Trinajstić information content (AvgIpc) is 3.09. The summed E-state index contributed by atoms with van der Waals surface area (Å²) in [5.41, 5.74) is 2.53. The summed E-state index contributed by atoms with van der Waals surface area (Å²) in [6.45, 7) is 7.02. The van der Waals surface area contributed by atoms with Crippen LogP contribution < -0.4 is 10.6 Å². The molecule has 0 aliphatic heterocycles. The number of rotatable bonds is 6. The van der Waals surface area contributed by atoms with E-state index in [1.165, 1.54) is 0 Å². The molecular weight excluding hydrogens is 407 g/mol. The third-order valence-electron chi connectivity index (χ3n) is 4.35. The number of amides is 1. The lowest BCUT2D eigenvalue weighted by Crippen LogP contribution is -2.28. The Morgan fingerprint density at radius 3 is 2.41 bits per heavy atom. The van der Waals surface area contributed by atoms with Gasteiger partial charge in [0, 0.05) is 18.0 Å². The second-order valence-electron chi connectivity index (χ2n) is 7.81. The van der Waals surface area contributed by atoms with Crippen LogP contribution in [0.15, 0.2) is 54.6 Å². The first kappa shape index (κ1) is 21.4. The van der Waals surface area contributed by atoms with Gasteiger partial charge in [0.25, 0.3) is 0 Å². The maximum Gasteiger partial charge on any atom is 0.239 e. The minimum Gasteiger partial charge on any atom is -0.309 e. The Labute approximate surface area is 181 Å². The third-order valence-corrected chi connectivity index (χ3v) is 5.09. The molecule has 152 valence electrons. The number of nitrogens with one attached hydrogen (secondary N) is 2. The van der Waals surface area contributed by atoms with Crippen molar-refractivity contribution in [2.24, 2.45) is 0 Å². The molecule has 0 saturated heterocycles. The fourth-order valence-corrected chi connectivity index (χ4v) is 3.05. The lowest BCUT2D eigenvalue weighted by Gasteiger charge is -2.14. The number of halogens is 2. The van der Waals surface area contributed by atoms with Crippen molar-refractivity contribution in [3.63, 3.8) is 0 Å². The van der Waals surface area contributed by atoms with Gasteiger partial charge in [-0.05, 0) is 23.8 Å². The highest BCUT2D eigenvalue weighted by atomic mass is 35.5. The Morgan fingerprint density at radius 2 is 1.76 bits per heavy atom. The molecule has 1 aromatic heterocycles. The van der Waals surface area contributed by atoms with E-state index in [4.69, 9.17) is 23.2 Å². The second-order valence-corrected chi connectivity index (χ2v) is 8.63. The smallest absolute Gasteiger partial charge is 0.239 e. The first-order valence-corrected chi connectivity index (χ1v) is 10.1. The summed E-state index contributed by atoms with van der Waals surface area (Å²) in [7, 11) is 0. The molecule has 0 aliphatic rings. The van der Waals surface area contributed by atoms with Crippen LogP contribution in [0.2, 0.25) is 10.0 Å². The standard InChI is InChI=1S/C22H24Cl2N4O/c1-22(2,3)19-12-20(28(27-19)16-9-10-17(23)18(24)11-16)26-21(29)14-25-13-15-7-5-4-6-8-15/h4-12,25H,13-14H2,1-3H3,(H,26,29). The van der Waals surface area contributed by atoms with E-state index in [9.17, 15) is 4.79 Å². The van der Waals surface area contributed by atoms with Crippen LogP contribution in [0, 0.1) is 0 Å². The number of anilines is 1. The van der Waals surface area contributed by atoms with Crippen LogP contribution in [0.25, 0.3) is 5.69 Å². The Morgan fingerprint density at radius 1 is 1.03 bits per heavy atom. The van der Waals surface area contributed by atoms with Gasteiger partial charge >= 0.3 is 0 Å². The van der Waals surface area contributed by atoms with Gasteiger partial charge < -0.3 is 10.6 Å². The molecule has 1 amide bonds. The number of hydrogen-bond donors (Lipinski definition) is 2. The minimum atomic E-state index is -0.174. The van der Waals surface area contributed by atoms with Crippen molar-refractivity contribution < 1.29 is 4.79 Å². The van der Waals surface area contributed by atoms with E-state index in [1.54, 1.807) is 16.8 Å². The summed E-state index contributed by atoms with van der Waals surface area (Å²) < 4.78 is 1.68. The summed E-state index contributed by atoms with van der Waals surface area (Å²) >= 11 is 12.2. The molecule has 7 heteroatoms. The van der Waals surface area contributed by atoms with Gasteiger partial charge in [-0.25, -0.2) is 4.68 Å². The predicted octanol–water partition coefficient (Wildman–Crippen LogP) is 5.20. The molecule has 1 heterocycles. The molecule has 0 radical (unpaired) electrons. The van der Waals surface area contributed by atoms with Crippen molar-refractivity contribution in [2.75, 3.05) is 11.9 Å². The Bertz CT molecular complexity index is 994. The molecule has 0 fully saturated rings. The summed E-state index contributed by atoms with van der Waals surface area (Å²) in [5.74, 6) is 0.433. The predicted molar refractivity (Wildman–Crippen MR) is 119 cm³/mol. The largest absolute Gasteiger partial charge is 0.309 e. The summed E-state index contributed by atoms with van der Waals surface area (Å²) in [4.78, 5) is 12.5. The quantitative estimate of drug-likeness (QED) is 0.564. The maximum atomic E-state index is 12.5. The molecule has 0 unspecified atom stereocenters. The Balaban J connectivity index is 1.77. The normalized spacial score (nSPS) is 11.5. The number of carbonyl (C=O) groups excluding carboxylic acids is 1. The summed E-state index contributed by atoms with van der Waals surface area (Å²) in [5, 5.41) is 11.7. The van der Waals surface area contributed by atoms with Gasteiger partial charge in [-0.15, -0.1) is 0 Å². The zero-order valence-electron chi connectivity index (χ0n) is 16.7. The van der Waals surface area contributed by atoms with Crippen LogP contribution in [-0.2, 0) is 16.8 Å². The number of aromatic nitrogens is 2. The summed E-state index contributed by atoms with van der Waals surface area (Å²) in [6.07, 6.45) is 0. The number of nitrogens with zero attached hydrogens (tertiary/aromatic N) is 2. The Hall–Kier alpha value is -2.34. The highest BCUT2D eigenvalue weighted by Gasteiger charge is 2.21. The van der Waals surface area contributed by atoms with E-state index < -0.39 is 0 Å². The van der Waals surface area contributed by atoms with E-state index in [0.29, 0.717) is 22.4 Å². The molecule has 2 aromatic carbocycles. The molecule has 2 N–H and O–H groups in total. The van der Waals surface area contributed by atoms with Crippen LogP contribution in [0.4, 0.5) is 5.82 Å². The highest BCUT2D eigenvalue weighted by Crippen LogP contribution is 2.29. The molecule has 0 aliphatic carbocycles. The van der Waals surface area contributed by atoms with Crippen molar-refractivity contribution in [1.29, 1.82) is 0 Å². The monoisotopic (exact) mass is 430 g/mol. The van der Waals surface area contributed by atoms with Crippen molar-refractivity contribution in [2.45, 2.75) is 32.7 Å². The van der Waals surface area contributed by atoms with Crippen molar-refractivity contribution in [1.82, 2.24) is 15.1 Å². The maximum absolute atomic E-state index is 12.5. The molecule has 0 spiro atoms. The van der Waals surface area contributed by atoms with Crippen molar-refractivity contribution in [3.05, 3.63) is 75.9 Å². The zero-order valence-corrected chi connectivity index (χ0v) is 18.2. The number of hydrogen-bond acceptors (Lipinski definition) is 3. The van der Waals surface area contributed by atoms with Gasteiger partial charge in [0.2, 0.25) is 5.91 Å². The lowest BCUT2D eigenvalue weighted by molar-refractivity contribution is -0.115. The number of carbonyl (C=O) groups is 1. The first-order valence-electron chi connectivity index (χ1n) is 9.34. The summed E-state index contributed by atoms with van der Waals surface area (Å²) in [6, 6.07) is 17.1. The molecule has 3 aromatic rings. The van der Waals surface area contributed by atoms with Crippen LogP contribution >= 0.6 is 23.2 Å². The second kappa shape index (κ2) is 8.99. The van der Waals surface area contributed by atoms with Crippen LogP contribution in [0.1, 0.15) is 32.0 Å². The molecular formula is C22H24Cl2N4O. The molecule has 0 saturated carbocycles. The van der Waals surface area contributed by atoms with Crippen molar-refractivity contribution in [3.8, 4) is 5.69 Å². The van der Waals surface area contributed by atoms with Gasteiger partial charge in [0.15, 0.2) is 0 Å². The minimum absolute atomic E-state index is 0.150. The van der Waals surface area contributed by atoms with E-state index in [-0.39, 0.29) is 17.9 Å². The van der Waals surface area contributed by atoms with Gasteiger partial charge in [-0.3, -0.25) is 4.79 Å². The average molecular weight is 431 g/mol. The molecule has 29 heavy (non-hydrogen) atoms. The fraction of sp³-hybridized carbons (Fsp3) is 0.273. The van der Waals surface area contributed by atoms with E-state index >= 15 is 0 Å². The van der Waals surface area contributed by atoms with E-state index in [2.05, 4.69) is 36.5 Å².